The summed E-state index contributed by atoms with van der Waals surface area (Å²) in [4.78, 5) is 22.3. The Hall–Kier alpha value is -1.26. The lowest BCUT2D eigenvalue weighted by Gasteiger charge is -2.32. The molecule has 5 heteroatoms. The lowest BCUT2D eigenvalue weighted by atomic mass is 9.84. The van der Waals surface area contributed by atoms with E-state index in [1.807, 2.05) is 20.8 Å². The third-order valence-corrected chi connectivity index (χ3v) is 2.38. The maximum atomic E-state index is 11.7. The number of carbonyl (C=O) groups is 2. The predicted octanol–water partition coefficient (Wildman–Crippen LogP) is 2.79. The van der Waals surface area contributed by atoms with Crippen LogP contribution in [0.5, 0.6) is 0 Å². The molecule has 0 aliphatic carbocycles. The van der Waals surface area contributed by atoms with Gasteiger partial charge in [-0.2, -0.15) is 0 Å². The quantitative estimate of drug-likeness (QED) is 0.814. The van der Waals surface area contributed by atoms with E-state index in [9.17, 15) is 9.59 Å². The van der Waals surface area contributed by atoms with Crippen molar-refractivity contribution in [1.29, 1.82) is 0 Å². The highest BCUT2D eigenvalue weighted by Crippen LogP contribution is 2.23. The zero-order valence-electron chi connectivity index (χ0n) is 12.2. The number of rotatable bonds is 4. The molecule has 0 heterocycles. The molecule has 0 aromatic heterocycles. The van der Waals surface area contributed by atoms with Crippen molar-refractivity contribution in [2.75, 3.05) is 0 Å². The van der Waals surface area contributed by atoms with Gasteiger partial charge in [0.15, 0.2) is 0 Å². The molecule has 5 nitrogen and oxygen atoms in total. The average molecular weight is 259 g/mol. The molecule has 0 aliphatic heterocycles. The average Bonchev–Trinajstić information content (AvgIpc) is 2.06. The number of carbonyl (C=O) groups excluding carboxylic acids is 1. The number of hydrogen-bond acceptors (Lipinski definition) is 3. The summed E-state index contributed by atoms with van der Waals surface area (Å²) in [6.07, 6.45) is -0.0941. The van der Waals surface area contributed by atoms with E-state index in [-0.39, 0.29) is 17.9 Å². The van der Waals surface area contributed by atoms with Crippen LogP contribution in [0, 0.1) is 5.41 Å². The van der Waals surface area contributed by atoms with E-state index < -0.39 is 17.7 Å². The van der Waals surface area contributed by atoms with Crippen LogP contribution in [0.15, 0.2) is 0 Å². The van der Waals surface area contributed by atoms with Crippen LogP contribution in [0.25, 0.3) is 0 Å². The Morgan fingerprint density at radius 3 is 2.00 bits per heavy atom. The first kappa shape index (κ1) is 16.7. The standard InChI is InChI=1S/C13H25NO4/c1-12(2,3)9(7-8-10(15)16)14-11(17)18-13(4,5)6/h9H,7-8H2,1-6H3,(H,14,17)(H,15,16). The van der Waals surface area contributed by atoms with Crippen molar-refractivity contribution in [3.63, 3.8) is 0 Å². The fraction of sp³-hybridized carbons (Fsp3) is 0.846. The van der Waals surface area contributed by atoms with Crippen molar-refractivity contribution in [1.82, 2.24) is 5.32 Å². The SMILES string of the molecule is CC(C)(C)OC(=O)NC(CCC(=O)O)C(C)(C)C. The monoisotopic (exact) mass is 259 g/mol. The minimum atomic E-state index is -0.866. The molecule has 18 heavy (non-hydrogen) atoms. The molecule has 0 aromatic carbocycles. The van der Waals surface area contributed by atoms with E-state index in [2.05, 4.69) is 5.32 Å². The molecule has 0 aromatic rings. The molecule has 0 aliphatic rings. The minimum Gasteiger partial charge on any atom is -0.481 e. The molecule has 0 fully saturated rings. The number of amides is 1. The number of ether oxygens (including phenoxy) is 1. The van der Waals surface area contributed by atoms with Crippen molar-refractivity contribution >= 4 is 12.1 Å². The highest BCUT2D eigenvalue weighted by atomic mass is 16.6. The highest BCUT2D eigenvalue weighted by Gasteiger charge is 2.28. The van der Waals surface area contributed by atoms with Crippen LogP contribution in [0.3, 0.4) is 0 Å². The fourth-order valence-electron chi connectivity index (χ4n) is 1.44. The van der Waals surface area contributed by atoms with Gasteiger partial charge in [0.1, 0.15) is 5.60 Å². The van der Waals surface area contributed by atoms with Crippen molar-refractivity contribution in [3.05, 3.63) is 0 Å². The Bertz CT molecular complexity index is 299. The summed E-state index contributed by atoms with van der Waals surface area (Å²) in [5, 5.41) is 11.4. The van der Waals surface area contributed by atoms with Gasteiger partial charge in [-0.1, -0.05) is 20.8 Å². The van der Waals surface area contributed by atoms with Crippen LogP contribution in [0.2, 0.25) is 0 Å². The van der Waals surface area contributed by atoms with E-state index in [4.69, 9.17) is 9.84 Å². The zero-order chi connectivity index (χ0) is 14.6. The van der Waals surface area contributed by atoms with Crippen molar-refractivity contribution in [2.24, 2.45) is 5.41 Å². The number of alkyl carbamates (subject to hydrolysis) is 1. The van der Waals surface area contributed by atoms with Crippen LogP contribution in [0.4, 0.5) is 4.79 Å². The Morgan fingerprint density at radius 1 is 1.17 bits per heavy atom. The van der Waals surface area contributed by atoms with E-state index in [0.717, 1.165) is 0 Å². The molecule has 0 bridgehead atoms. The molecule has 1 unspecified atom stereocenters. The normalized spacial score (nSPS) is 13.9. The molecular weight excluding hydrogens is 234 g/mol. The molecule has 0 spiro atoms. The smallest absolute Gasteiger partial charge is 0.407 e. The molecule has 1 amide bonds. The van der Waals surface area contributed by atoms with Crippen molar-refractivity contribution in [3.8, 4) is 0 Å². The summed E-state index contributed by atoms with van der Waals surface area (Å²) >= 11 is 0. The van der Waals surface area contributed by atoms with Crippen LogP contribution >= 0.6 is 0 Å². The first-order valence-corrected chi connectivity index (χ1v) is 6.13. The van der Waals surface area contributed by atoms with Gasteiger partial charge in [0.2, 0.25) is 0 Å². The van der Waals surface area contributed by atoms with E-state index >= 15 is 0 Å². The number of aliphatic carboxylic acids is 1. The topological polar surface area (TPSA) is 75.6 Å². The fourth-order valence-corrected chi connectivity index (χ4v) is 1.44. The van der Waals surface area contributed by atoms with Gasteiger partial charge in [-0.3, -0.25) is 4.79 Å². The van der Waals surface area contributed by atoms with Gasteiger partial charge in [-0.05, 0) is 32.6 Å². The first-order chi connectivity index (χ1) is 7.92. The third kappa shape index (κ3) is 7.92. The van der Waals surface area contributed by atoms with Gasteiger partial charge >= 0.3 is 12.1 Å². The maximum Gasteiger partial charge on any atom is 0.407 e. The summed E-state index contributed by atoms with van der Waals surface area (Å²) in [7, 11) is 0. The first-order valence-electron chi connectivity index (χ1n) is 6.13. The Kier molecular flexibility index (Phi) is 5.64. The van der Waals surface area contributed by atoms with E-state index in [0.29, 0.717) is 6.42 Å². The molecule has 0 rings (SSSR count). The number of carboxylic acids is 1. The van der Waals surface area contributed by atoms with Gasteiger partial charge in [0, 0.05) is 12.5 Å². The summed E-state index contributed by atoms with van der Waals surface area (Å²) in [5.74, 6) is -0.866. The second kappa shape index (κ2) is 6.07. The molecule has 1 atom stereocenters. The predicted molar refractivity (Wildman–Crippen MR) is 69.5 cm³/mol. The van der Waals surface area contributed by atoms with Gasteiger partial charge in [-0.15, -0.1) is 0 Å². The van der Waals surface area contributed by atoms with Crippen molar-refractivity contribution < 1.29 is 19.4 Å². The number of hydrogen-bond donors (Lipinski definition) is 2. The molecule has 0 radical (unpaired) electrons. The summed E-state index contributed by atoms with van der Waals surface area (Å²) in [6.45, 7) is 11.2. The third-order valence-electron chi connectivity index (χ3n) is 2.38. The zero-order valence-corrected chi connectivity index (χ0v) is 12.2. The van der Waals surface area contributed by atoms with Crippen molar-refractivity contribution in [2.45, 2.75) is 66.0 Å². The van der Waals surface area contributed by atoms with Gasteiger partial charge in [0.25, 0.3) is 0 Å². The summed E-state index contributed by atoms with van der Waals surface area (Å²) in [6, 6.07) is -0.233. The largest absolute Gasteiger partial charge is 0.481 e. The van der Waals surface area contributed by atoms with Crippen LogP contribution < -0.4 is 5.32 Å². The Balaban J connectivity index is 4.51. The molecule has 0 saturated heterocycles. The Labute approximate surface area is 109 Å². The van der Waals surface area contributed by atoms with Crippen LogP contribution in [-0.4, -0.2) is 28.8 Å². The minimum absolute atomic E-state index is 0.0255. The number of carboxylic acid groups (broad SMARTS) is 1. The maximum absolute atomic E-state index is 11.7. The second-order valence-corrected chi connectivity index (χ2v) is 6.50. The number of nitrogens with one attached hydrogen (secondary N) is 1. The van der Waals surface area contributed by atoms with Gasteiger partial charge in [-0.25, -0.2) is 4.79 Å². The lowest BCUT2D eigenvalue weighted by Crippen LogP contribution is -2.46. The van der Waals surface area contributed by atoms with Gasteiger partial charge < -0.3 is 15.2 Å². The summed E-state index contributed by atoms with van der Waals surface area (Å²) < 4.78 is 5.17. The lowest BCUT2D eigenvalue weighted by molar-refractivity contribution is -0.137. The highest BCUT2D eigenvalue weighted by molar-refractivity contribution is 5.69. The molecule has 0 saturated carbocycles. The molecule has 106 valence electrons. The second-order valence-electron chi connectivity index (χ2n) is 6.50. The van der Waals surface area contributed by atoms with Gasteiger partial charge in [0.05, 0.1) is 0 Å². The molecule has 2 N–H and O–H groups in total. The van der Waals surface area contributed by atoms with Crippen LogP contribution in [-0.2, 0) is 9.53 Å². The summed E-state index contributed by atoms with van der Waals surface area (Å²) in [5.41, 5.74) is -0.772. The van der Waals surface area contributed by atoms with E-state index in [1.54, 1.807) is 20.8 Å². The molecular formula is C13H25NO4. The Morgan fingerprint density at radius 2 is 1.67 bits per heavy atom. The van der Waals surface area contributed by atoms with Crippen LogP contribution in [0.1, 0.15) is 54.4 Å². The van der Waals surface area contributed by atoms with E-state index in [1.165, 1.54) is 0 Å².